The Morgan fingerprint density at radius 1 is 1.42 bits per heavy atom. The fraction of sp³-hybridized carbons (Fsp3) is 0.412. The van der Waals surface area contributed by atoms with Crippen LogP contribution in [0.3, 0.4) is 0 Å². The molecule has 0 bridgehead atoms. The molecule has 0 aliphatic carbocycles. The molecule has 0 aromatic heterocycles. The molecule has 2 rings (SSSR count). The number of nitrogens with one attached hydrogen (secondary N) is 1. The number of amides is 2. The van der Waals surface area contributed by atoms with Crippen LogP contribution in [0.25, 0.3) is 0 Å². The smallest absolute Gasteiger partial charge is 0.356 e. The van der Waals surface area contributed by atoms with E-state index in [9.17, 15) is 22.8 Å². The first-order valence-electron chi connectivity index (χ1n) is 7.60. The van der Waals surface area contributed by atoms with Gasteiger partial charge in [-0.25, -0.2) is 0 Å². The van der Waals surface area contributed by atoms with Crippen LogP contribution in [-0.4, -0.2) is 24.9 Å². The summed E-state index contributed by atoms with van der Waals surface area (Å²) in [5.41, 5.74) is -0.395. The number of anilines is 1. The van der Waals surface area contributed by atoms with Crippen LogP contribution in [0.1, 0.15) is 18.9 Å². The second-order valence-corrected chi connectivity index (χ2v) is 5.84. The summed E-state index contributed by atoms with van der Waals surface area (Å²) < 4.78 is 38.0. The van der Waals surface area contributed by atoms with Gasteiger partial charge in [0.05, 0.1) is 5.56 Å². The Hall–Kier alpha value is -2.31. The van der Waals surface area contributed by atoms with Crippen LogP contribution in [0.4, 0.5) is 18.9 Å². The number of alkyl halides is 3. The van der Waals surface area contributed by atoms with Crippen molar-refractivity contribution in [2.75, 3.05) is 18.0 Å². The van der Waals surface area contributed by atoms with E-state index in [0.29, 0.717) is 12.2 Å². The molecule has 2 atom stereocenters. The minimum Gasteiger partial charge on any atom is -0.356 e. The number of carbonyl (C=O) groups excluding carboxylic acids is 2. The van der Waals surface area contributed by atoms with Crippen LogP contribution in [0.5, 0.6) is 0 Å². The van der Waals surface area contributed by atoms with Crippen molar-refractivity contribution in [1.29, 1.82) is 0 Å². The van der Waals surface area contributed by atoms with E-state index >= 15 is 0 Å². The number of benzene rings is 1. The summed E-state index contributed by atoms with van der Waals surface area (Å²) >= 11 is 0. The second-order valence-electron chi connectivity index (χ2n) is 5.84. The molecule has 7 heteroatoms. The molecule has 0 saturated carbocycles. The molecule has 1 heterocycles. The van der Waals surface area contributed by atoms with E-state index in [1.807, 2.05) is 0 Å². The first-order chi connectivity index (χ1) is 11.2. The lowest BCUT2D eigenvalue weighted by Gasteiger charge is -2.27. The monoisotopic (exact) mass is 340 g/mol. The van der Waals surface area contributed by atoms with Gasteiger partial charge < -0.3 is 10.2 Å². The molecule has 130 valence electrons. The third-order valence-electron chi connectivity index (χ3n) is 4.19. The van der Waals surface area contributed by atoms with Gasteiger partial charge in [-0.3, -0.25) is 9.59 Å². The molecule has 2 amide bonds. The van der Waals surface area contributed by atoms with Gasteiger partial charge in [-0.2, -0.15) is 13.2 Å². The topological polar surface area (TPSA) is 49.4 Å². The van der Waals surface area contributed by atoms with E-state index in [0.717, 1.165) is 12.1 Å². The Labute approximate surface area is 138 Å². The van der Waals surface area contributed by atoms with Crippen molar-refractivity contribution in [2.45, 2.75) is 19.5 Å². The molecule has 1 N–H and O–H groups in total. The fourth-order valence-corrected chi connectivity index (χ4v) is 2.71. The van der Waals surface area contributed by atoms with Gasteiger partial charge in [-0.1, -0.05) is 13.0 Å². The molecular formula is C17H19F3N2O2. The number of hydrogen-bond donors (Lipinski definition) is 1. The number of nitrogens with zero attached hydrogens (tertiary/aromatic N) is 1. The molecule has 1 aromatic rings. The minimum atomic E-state index is -4.42. The lowest BCUT2D eigenvalue weighted by atomic mass is 9.91. The minimum absolute atomic E-state index is 0.0931. The maximum absolute atomic E-state index is 12.7. The lowest BCUT2D eigenvalue weighted by Crippen LogP contribution is -2.38. The normalized spacial score (nSPS) is 18.8. The summed E-state index contributed by atoms with van der Waals surface area (Å²) in [4.78, 5) is 25.4. The zero-order valence-corrected chi connectivity index (χ0v) is 13.3. The van der Waals surface area contributed by atoms with Gasteiger partial charge in [0, 0.05) is 31.1 Å². The van der Waals surface area contributed by atoms with Crippen molar-refractivity contribution in [1.82, 2.24) is 5.32 Å². The molecule has 4 nitrogen and oxygen atoms in total. The van der Waals surface area contributed by atoms with E-state index in [4.69, 9.17) is 0 Å². The predicted molar refractivity (Wildman–Crippen MR) is 84.3 cm³/mol. The largest absolute Gasteiger partial charge is 0.416 e. The summed E-state index contributed by atoms with van der Waals surface area (Å²) in [5, 5.41) is 2.69. The zero-order valence-electron chi connectivity index (χ0n) is 13.3. The summed E-state index contributed by atoms with van der Waals surface area (Å²) in [6.07, 6.45) is -2.63. The lowest BCUT2D eigenvalue weighted by molar-refractivity contribution is -0.137. The van der Waals surface area contributed by atoms with E-state index in [-0.39, 0.29) is 30.7 Å². The van der Waals surface area contributed by atoms with Crippen LogP contribution in [-0.2, 0) is 15.8 Å². The Balaban J connectivity index is 2.20. The van der Waals surface area contributed by atoms with Gasteiger partial charge in [0.25, 0.3) is 0 Å². The fourth-order valence-electron chi connectivity index (χ4n) is 2.71. The maximum Gasteiger partial charge on any atom is 0.416 e. The zero-order chi connectivity index (χ0) is 17.9. The molecular weight excluding hydrogens is 321 g/mol. The van der Waals surface area contributed by atoms with Crippen LogP contribution in [0.2, 0.25) is 0 Å². The Kier molecular flexibility index (Phi) is 5.31. The maximum atomic E-state index is 12.7. The van der Waals surface area contributed by atoms with Gasteiger partial charge in [-0.05, 0) is 30.2 Å². The highest BCUT2D eigenvalue weighted by Gasteiger charge is 2.34. The number of halogens is 3. The van der Waals surface area contributed by atoms with Crippen molar-refractivity contribution in [3.8, 4) is 0 Å². The molecule has 1 aliphatic rings. The summed E-state index contributed by atoms with van der Waals surface area (Å²) in [5.74, 6) is -0.876. The van der Waals surface area contributed by atoms with Gasteiger partial charge in [0.15, 0.2) is 0 Å². The molecule has 1 saturated heterocycles. The van der Waals surface area contributed by atoms with Crippen LogP contribution in [0.15, 0.2) is 36.9 Å². The highest BCUT2D eigenvalue weighted by atomic mass is 19.4. The van der Waals surface area contributed by atoms with Gasteiger partial charge in [0.1, 0.15) is 0 Å². The van der Waals surface area contributed by atoms with Crippen molar-refractivity contribution in [3.05, 3.63) is 42.5 Å². The van der Waals surface area contributed by atoms with Crippen molar-refractivity contribution in [2.24, 2.45) is 11.8 Å². The molecule has 0 spiro atoms. The van der Waals surface area contributed by atoms with Gasteiger partial charge >= 0.3 is 6.18 Å². The summed E-state index contributed by atoms with van der Waals surface area (Å²) in [7, 11) is 0. The number of carbonyl (C=O) groups is 2. The van der Waals surface area contributed by atoms with Crippen LogP contribution < -0.4 is 10.2 Å². The molecule has 1 aliphatic heterocycles. The molecule has 0 radical (unpaired) electrons. The molecule has 1 aromatic carbocycles. The van der Waals surface area contributed by atoms with E-state index in [2.05, 4.69) is 11.9 Å². The number of hydrogen-bond acceptors (Lipinski definition) is 2. The highest BCUT2D eigenvalue weighted by molar-refractivity contribution is 5.96. The van der Waals surface area contributed by atoms with Crippen molar-refractivity contribution >= 4 is 17.5 Å². The van der Waals surface area contributed by atoms with E-state index in [1.54, 1.807) is 6.92 Å². The highest BCUT2D eigenvalue weighted by Crippen LogP contribution is 2.31. The van der Waals surface area contributed by atoms with Crippen molar-refractivity contribution in [3.63, 3.8) is 0 Å². The average molecular weight is 340 g/mol. The third kappa shape index (κ3) is 3.96. The number of rotatable bonds is 5. The van der Waals surface area contributed by atoms with Gasteiger partial charge in [-0.15, -0.1) is 6.58 Å². The Morgan fingerprint density at radius 2 is 2.04 bits per heavy atom. The molecule has 24 heavy (non-hydrogen) atoms. The first-order valence-corrected chi connectivity index (χ1v) is 7.60. The third-order valence-corrected chi connectivity index (χ3v) is 4.19. The molecule has 1 fully saturated rings. The molecule has 2 unspecified atom stereocenters. The predicted octanol–water partition coefficient (Wildman–Crippen LogP) is 3.00. The first kappa shape index (κ1) is 18.0. The van der Waals surface area contributed by atoms with Crippen LogP contribution >= 0.6 is 0 Å². The Morgan fingerprint density at radius 3 is 2.50 bits per heavy atom. The van der Waals surface area contributed by atoms with Crippen LogP contribution in [0, 0.1) is 11.8 Å². The second kappa shape index (κ2) is 7.07. The van der Waals surface area contributed by atoms with E-state index < -0.39 is 17.7 Å². The quantitative estimate of drug-likeness (QED) is 0.838. The van der Waals surface area contributed by atoms with Gasteiger partial charge in [0.2, 0.25) is 11.8 Å². The SMILES string of the molecule is C=CCN(C(=O)C(C)C1CNC(=O)C1)c1ccc(C(F)(F)F)cc1. The van der Waals surface area contributed by atoms with E-state index in [1.165, 1.54) is 23.1 Å². The summed E-state index contributed by atoms with van der Waals surface area (Å²) in [6.45, 7) is 5.94. The average Bonchev–Trinajstić information content (AvgIpc) is 2.97. The van der Waals surface area contributed by atoms with Crippen molar-refractivity contribution < 1.29 is 22.8 Å². The Bertz CT molecular complexity index is 626. The standard InChI is InChI=1S/C17H19F3N2O2/c1-3-8-22(14-6-4-13(5-7-14)17(18,19)20)16(24)11(2)12-9-15(23)21-10-12/h3-7,11-12H,1,8-10H2,2H3,(H,21,23). The summed E-state index contributed by atoms with van der Waals surface area (Å²) in [6, 6.07) is 4.44.